The summed E-state index contributed by atoms with van der Waals surface area (Å²) in [7, 11) is -0.366. The number of allylic oxidation sites excluding steroid dienone is 4. The average molecular weight is 462 g/mol. The van der Waals surface area contributed by atoms with E-state index in [-0.39, 0.29) is 52.8 Å². The molecular formula is C28H49SiTi. The third kappa shape index (κ3) is 12.5. The van der Waals surface area contributed by atoms with Crippen LogP contribution in [-0.2, 0) is 21.7 Å². The first kappa shape index (κ1) is 37.0. The Labute approximate surface area is 208 Å². The van der Waals surface area contributed by atoms with Crippen LogP contribution in [0.5, 0.6) is 0 Å². The smallest absolute Gasteiger partial charge is 0.358 e. The molecule has 169 valence electrons. The van der Waals surface area contributed by atoms with Crippen LogP contribution in [-0.4, -0.2) is 8.80 Å². The minimum atomic E-state index is -0.366. The minimum Gasteiger partial charge on any atom is -0.358 e. The Bertz CT molecular complexity index is 622. The van der Waals surface area contributed by atoms with Crippen molar-refractivity contribution in [2.75, 3.05) is 0 Å². The molecule has 0 heterocycles. The number of hydrogen-bond donors (Lipinski definition) is 0. The number of hydrogen-bond acceptors (Lipinski definition) is 0. The van der Waals surface area contributed by atoms with Crippen LogP contribution in [0.1, 0.15) is 66.5 Å². The van der Waals surface area contributed by atoms with Crippen LogP contribution in [0.15, 0.2) is 34.9 Å². The van der Waals surface area contributed by atoms with Gasteiger partial charge in [-0.15, -0.1) is 6.92 Å². The molecular weight excluding hydrogens is 412 g/mol. The fraction of sp³-hybridized carbons (Fsp3) is 0.536. The van der Waals surface area contributed by atoms with Crippen molar-refractivity contribution in [3.8, 4) is 0 Å². The van der Waals surface area contributed by atoms with Crippen LogP contribution in [0.4, 0.5) is 0 Å². The molecule has 2 rings (SSSR count). The first-order valence-electron chi connectivity index (χ1n) is 10.2. The summed E-state index contributed by atoms with van der Waals surface area (Å²) in [4.78, 5) is 0. The molecule has 0 saturated heterocycles. The van der Waals surface area contributed by atoms with Crippen molar-refractivity contribution < 1.29 is 21.7 Å². The van der Waals surface area contributed by atoms with E-state index < -0.39 is 0 Å². The molecule has 1 unspecified atom stereocenters. The van der Waals surface area contributed by atoms with Gasteiger partial charge in [-0.2, -0.15) is 11.1 Å². The summed E-state index contributed by atoms with van der Waals surface area (Å²) in [5, 5.41) is 1.65. The SMILES string of the molecule is CC1=[C-]C(C)C(C)=C1C.Cc1cc(C)cc([Si](CC(C)C)CC(C)C)c1.[CH3-].[CH3-].[CH3-].[Ti+4]. The summed E-state index contributed by atoms with van der Waals surface area (Å²) in [6.07, 6.45) is 3.36. The van der Waals surface area contributed by atoms with E-state index in [0.29, 0.717) is 5.92 Å². The van der Waals surface area contributed by atoms with Gasteiger partial charge >= 0.3 is 21.7 Å². The van der Waals surface area contributed by atoms with Crippen LogP contribution < -0.4 is 5.19 Å². The summed E-state index contributed by atoms with van der Waals surface area (Å²) in [5.41, 5.74) is 7.10. The van der Waals surface area contributed by atoms with Crippen LogP contribution in [0.25, 0.3) is 0 Å². The second-order valence-electron chi connectivity index (χ2n) is 8.97. The van der Waals surface area contributed by atoms with E-state index in [1.165, 1.54) is 39.9 Å². The maximum absolute atomic E-state index is 3.36. The predicted octanol–water partition coefficient (Wildman–Crippen LogP) is 8.39. The van der Waals surface area contributed by atoms with Crippen LogP contribution in [0.2, 0.25) is 12.1 Å². The molecule has 0 aromatic heterocycles. The molecule has 0 fully saturated rings. The normalized spacial score (nSPS) is 14.8. The average Bonchev–Trinajstić information content (AvgIpc) is 2.71. The van der Waals surface area contributed by atoms with Gasteiger partial charge in [-0.05, 0) is 25.7 Å². The van der Waals surface area contributed by atoms with Gasteiger partial charge in [0.15, 0.2) is 0 Å². The summed E-state index contributed by atoms with van der Waals surface area (Å²) >= 11 is 0. The first-order valence-corrected chi connectivity index (χ1v) is 12.1. The predicted molar refractivity (Wildman–Crippen MR) is 140 cm³/mol. The third-order valence-corrected chi connectivity index (χ3v) is 8.90. The minimum absolute atomic E-state index is 0. The monoisotopic (exact) mass is 461 g/mol. The Kier molecular flexibility index (Phi) is 21.2. The van der Waals surface area contributed by atoms with E-state index in [9.17, 15) is 0 Å². The van der Waals surface area contributed by atoms with E-state index >= 15 is 0 Å². The summed E-state index contributed by atoms with van der Waals surface area (Å²) in [6, 6.07) is 9.95. The summed E-state index contributed by atoms with van der Waals surface area (Å²) in [6.45, 7) is 22.5. The fourth-order valence-corrected chi connectivity index (χ4v) is 7.12. The van der Waals surface area contributed by atoms with Gasteiger partial charge < -0.3 is 22.3 Å². The zero-order chi connectivity index (χ0) is 20.0. The third-order valence-electron chi connectivity index (χ3n) is 5.18. The van der Waals surface area contributed by atoms with Gasteiger partial charge in [0.2, 0.25) is 0 Å². The van der Waals surface area contributed by atoms with Gasteiger partial charge in [-0.1, -0.05) is 101 Å². The number of benzene rings is 1. The number of aryl methyl sites for hydroxylation is 2. The van der Waals surface area contributed by atoms with Crippen molar-refractivity contribution in [3.63, 3.8) is 0 Å². The van der Waals surface area contributed by atoms with Crippen LogP contribution >= 0.6 is 0 Å². The Morgan fingerprint density at radius 3 is 1.43 bits per heavy atom. The molecule has 0 aliphatic heterocycles. The van der Waals surface area contributed by atoms with E-state index in [2.05, 4.69) is 93.5 Å². The van der Waals surface area contributed by atoms with Crippen molar-refractivity contribution in [1.29, 1.82) is 0 Å². The maximum atomic E-state index is 3.36. The molecule has 1 aromatic carbocycles. The largest absolute Gasteiger partial charge is 4.00 e. The molecule has 0 saturated carbocycles. The first-order chi connectivity index (χ1) is 12.0. The molecule has 1 aliphatic rings. The molecule has 30 heavy (non-hydrogen) atoms. The molecule has 1 aliphatic carbocycles. The Balaban J connectivity index is -0.000000226. The van der Waals surface area contributed by atoms with Gasteiger partial charge in [0.25, 0.3) is 0 Å². The van der Waals surface area contributed by atoms with E-state index in [1.54, 1.807) is 5.19 Å². The molecule has 2 heteroatoms. The summed E-state index contributed by atoms with van der Waals surface area (Å²) < 4.78 is 0. The topological polar surface area (TPSA) is 0 Å². The van der Waals surface area contributed by atoms with Crippen LogP contribution in [0, 0.1) is 60.0 Å². The maximum Gasteiger partial charge on any atom is 4.00 e. The second kappa shape index (κ2) is 17.2. The molecule has 1 aromatic rings. The second-order valence-corrected chi connectivity index (χ2v) is 11.6. The molecule has 1 atom stereocenters. The van der Waals surface area contributed by atoms with Gasteiger partial charge in [0, 0.05) is 0 Å². The van der Waals surface area contributed by atoms with Crippen molar-refractivity contribution >= 4 is 14.0 Å². The zero-order valence-electron chi connectivity index (χ0n) is 22.4. The molecule has 0 nitrogen and oxygen atoms in total. The molecule has 0 amide bonds. The van der Waals surface area contributed by atoms with Crippen LogP contribution in [0.3, 0.4) is 0 Å². The Morgan fingerprint density at radius 2 is 1.20 bits per heavy atom. The Morgan fingerprint density at radius 1 is 0.800 bits per heavy atom. The van der Waals surface area contributed by atoms with Gasteiger partial charge in [0.1, 0.15) is 0 Å². The van der Waals surface area contributed by atoms with Gasteiger partial charge in [-0.25, -0.2) is 5.57 Å². The quantitative estimate of drug-likeness (QED) is 0.305. The van der Waals surface area contributed by atoms with Crippen molar-refractivity contribution in [2.45, 2.75) is 81.3 Å². The Hall–Kier alpha value is -0.369. The van der Waals surface area contributed by atoms with Gasteiger partial charge in [0.05, 0.1) is 8.80 Å². The van der Waals surface area contributed by atoms with Crippen molar-refractivity contribution in [2.24, 2.45) is 17.8 Å². The molecule has 0 spiro atoms. The number of rotatable bonds is 5. The fourth-order valence-electron chi connectivity index (χ4n) is 3.65. The van der Waals surface area contributed by atoms with Gasteiger partial charge in [-0.3, -0.25) is 6.08 Å². The summed E-state index contributed by atoms with van der Waals surface area (Å²) in [5.74, 6) is 2.21. The van der Waals surface area contributed by atoms with E-state index in [1.807, 2.05) is 0 Å². The van der Waals surface area contributed by atoms with Crippen molar-refractivity contribution in [1.82, 2.24) is 0 Å². The molecule has 0 N–H and O–H groups in total. The van der Waals surface area contributed by atoms with E-state index in [0.717, 1.165) is 11.8 Å². The molecule has 1 radical (unpaired) electrons. The zero-order valence-corrected chi connectivity index (χ0v) is 24.9. The van der Waals surface area contributed by atoms with E-state index in [4.69, 9.17) is 0 Å². The standard InChI is InChI=1S/C16H27Si.C9H13.3CH3.Ti/c1-12(2)10-17(11-13(3)4)16-8-14(5)7-15(6)9-16;1-6-5-7(2)9(4)8(6)3;;;;/h7-9,12-13H,10-11H2,1-6H3;6H,1-4H3;3*1H3;/q;4*-1;+4. The van der Waals surface area contributed by atoms with Crippen molar-refractivity contribution in [3.05, 3.63) is 74.4 Å². The molecule has 0 bridgehead atoms.